The number of nitrogens with one attached hydrogen (secondary N) is 1. The molecule has 1 aliphatic rings. The van der Waals surface area contributed by atoms with Gasteiger partial charge in [0.15, 0.2) is 6.61 Å². The Morgan fingerprint density at radius 1 is 1.36 bits per heavy atom. The number of amides is 1. The van der Waals surface area contributed by atoms with Crippen LogP contribution < -0.4 is 5.32 Å². The quantitative estimate of drug-likeness (QED) is 0.801. The Bertz CT molecular complexity index is 787. The molecule has 0 aliphatic heterocycles. The van der Waals surface area contributed by atoms with Crippen LogP contribution in [0.15, 0.2) is 30.3 Å². The van der Waals surface area contributed by atoms with Crippen molar-refractivity contribution in [1.82, 2.24) is 5.32 Å². The molecule has 1 aliphatic carbocycles. The third-order valence-electron chi connectivity index (χ3n) is 4.30. The van der Waals surface area contributed by atoms with E-state index in [2.05, 4.69) is 12.2 Å². The molecule has 0 fully saturated rings. The number of hydrogen-bond donors (Lipinski definition) is 1. The lowest BCUT2D eigenvalue weighted by Crippen LogP contribution is -2.28. The topological polar surface area (TPSA) is 55.4 Å². The zero-order valence-electron chi connectivity index (χ0n) is 14.0. The Labute approximate surface area is 156 Å². The first-order valence-corrected chi connectivity index (χ1v) is 9.51. The summed E-state index contributed by atoms with van der Waals surface area (Å²) < 4.78 is 5.14. The number of carbonyl (C=O) groups is 2. The van der Waals surface area contributed by atoms with Crippen molar-refractivity contribution < 1.29 is 14.3 Å². The van der Waals surface area contributed by atoms with Crippen molar-refractivity contribution in [2.24, 2.45) is 5.92 Å². The van der Waals surface area contributed by atoms with Gasteiger partial charge in [0.25, 0.3) is 5.91 Å². The van der Waals surface area contributed by atoms with Crippen LogP contribution in [0.4, 0.5) is 0 Å². The number of carbonyl (C=O) groups excluding carboxylic acids is 2. The molecule has 132 valence electrons. The highest BCUT2D eigenvalue weighted by Gasteiger charge is 2.21. The summed E-state index contributed by atoms with van der Waals surface area (Å²) in [5, 5.41) is 3.30. The standard InChI is InChI=1S/C19H20ClNO3S/c1-12-6-7-16-14(8-12)9-17(25-16)19(23)24-11-18(22)21-10-13-4-2-3-5-15(13)20/h2-5,9,12H,6-8,10-11H2,1H3,(H,21,22)/t12-/m0/s1. The number of rotatable bonds is 5. The molecule has 0 saturated carbocycles. The van der Waals surface area contributed by atoms with Gasteiger partial charge in [-0.3, -0.25) is 4.79 Å². The fraction of sp³-hybridized carbons (Fsp3) is 0.368. The van der Waals surface area contributed by atoms with Crippen molar-refractivity contribution in [3.63, 3.8) is 0 Å². The second kappa shape index (κ2) is 8.02. The van der Waals surface area contributed by atoms with Gasteiger partial charge in [-0.2, -0.15) is 0 Å². The highest BCUT2D eigenvalue weighted by atomic mass is 35.5. The van der Waals surface area contributed by atoms with E-state index in [0.717, 1.165) is 24.8 Å². The molecule has 0 bridgehead atoms. The van der Waals surface area contributed by atoms with Crippen LogP contribution >= 0.6 is 22.9 Å². The summed E-state index contributed by atoms with van der Waals surface area (Å²) in [4.78, 5) is 25.9. The number of fused-ring (bicyclic) bond motifs is 1. The molecule has 1 atom stereocenters. The number of benzene rings is 1. The van der Waals surface area contributed by atoms with Crippen LogP contribution in [-0.4, -0.2) is 18.5 Å². The summed E-state index contributed by atoms with van der Waals surface area (Å²) in [5.41, 5.74) is 2.07. The lowest BCUT2D eigenvalue weighted by molar-refractivity contribution is -0.124. The van der Waals surface area contributed by atoms with Crippen molar-refractivity contribution in [2.75, 3.05) is 6.61 Å². The maximum absolute atomic E-state index is 12.2. The number of hydrogen-bond acceptors (Lipinski definition) is 4. The molecule has 3 rings (SSSR count). The third-order valence-corrected chi connectivity index (χ3v) is 5.88. The first kappa shape index (κ1) is 18.0. The molecule has 0 saturated heterocycles. The molecule has 0 unspecified atom stereocenters. The van der Waals surface area contributed by atoms with E-state index in [1.54, 1.807) is 6.07 Å². The molecule has 2 aromatic rings. The van der Waals surface area contributed by atoms with Crippen molar-refractivity contribution in [2.45, 2.75) is 32.7 Å². The average molecular weight is 378 g/mol. The summed E-state index contributed by atoms with van der Waals surface area (Å²) in [5.74, 6) is -0.121. The first-order chi connectivity index (χ1) is 12.0. The van der Waals surface area contributed by atoms with Crippen molar-refractivity contribution in [3.8, 4) is 0 Å². The van der Waals surface area contributed by atoms with Crippen LogP contribution in [0.1, 0.15) is 39.0 Å². The van der Waals surface area contributed by atoms with Crippen LogP contribution in [0.2, 0.25) is 5.02 Å². The summed E-state index contributed by atoms with van der Waals surface area (Å²) >= 11 is 7.53. The average Bonchev–Trinajstić information content (AvgIpc) is 3.02. The zero-order chi connectivity index (χ0) is 17.8. The Kier molecular flexibility index (Phi) is 5.76. The molecule has 0 spiro atoms. The van der Waals surface area contributed by atoms with E-state index in [1.807, 2.05) is 24.3 Å². The summed E-state index contributed by atoms with van der Waals surface area (Å²) in [7, 11) is 0. The van der Waals surface area contributed by atoms with Gasteiger partial charge in [-0.1, -0.05) is 36.7 Å². The monoisotopic (exact) mass is 377 g/mol. The second-order valence-corrected chi connectivity index (χ2v) is 7.90. The molecule has 0 radical (unpaired) electrons. The van der Waals surface area contributed by atoms with Crippen LogP contribution in [-0.2, 0) is 28.9 Å². The van der Waals surface area contributed by atoms with Gasteiger partial charge in [-0.25, -0.2) is 4.79 Å². The van der Waals surface area contributed by atoms with Crippen molar-refractivity contribution >= 4 is 34.8 Å². The van der Waals surface area contributed by atoms with Gasteiger partial charge in [0, 0.05) is 16.4 Å². The van der Waals surface area contributed by atoms with E-state index >= 15 is 0 Å². The van der Waals surface area contributed by atoms with E-state index in [9.17, 15) is 9.59 Å². The van der Waals surface area contributed by atoms with Crippen LogP contribution in [0.3, 0.4) is 0 Å². The minimum absolute atomic E-state index is 0.289. The molecule has 1 heterocycles. The van der Waals surface area contributed by atoms with Gasteiger partial charge < -0.3 is 10.1 Å². The largest absolute Gasteiger partial charge is 0.451 e. The van der Waals surface area contributed by atoms with E-state index < -0.39 is 5.97 Å². The SMILES string of the molecule is C[C@H]1CCc2sc(C(=O)OCC(=O)NCc3ccccc3Cl)cc2C1. The minimum atomic E-state index is -0.431. The third kappa shape index (κ3) is 4.61. The lowest BCUT2D eigenvalue weighted by atomic mass is 9.90. The van der Waals surface area contributed by atoms with E-state index in [4.69, 9.17) is 16.3 Å². The molecular formula is C19H20ClNO3S. The highest BCUT2D eigenvalue weighted by Crippen LogP contribution is 2.32. The van der Waals surface area contributed by atoms with Crippen LogP contribution in [0.25, 0.3) is 0 Å². The first-order valence-electron chi connectivity index (χ1n) is 8.31. The Morgan fingerprint density at radius 3 is 2.96 bits per heavy atom. The van der Waals surface area contributed by atoms with E-state index in [1.165, 1.54) is 21.8 Å². The number of halogens is 1. The Balaban J connectivity index is 1.49. The normalized spacial score (nSPS) is 16.2. The predicted molar refractivity (Wildman–Crippen MR) is 99.1 cm³/mol. The molecule has 1 N–H and O–H groups in total. The minimum Gasteiger partial charge on any atom is -0.451 e. The van der Waals surface area contributed by atoms with Gasteiger partial charge in [0.1, 0.15) is 4.88 Å². The molecule has 25 heavy (non-hydrogen) atoms. The van der Waals surface area contributed by atoms with Gasteiger partial charge in [-0.05, 0) is 48.4 Å². The fourth-order valence-electron chi connectivity index (χ4n) is 2.90. The molecule has 1 aromatic heterocycles. The zero-order valence-corrected chi connectivity index (χ0v) is 15.6. The number of esters is 1. The molecule has 1 aromatic carbocycles. The number of aryl methyl sites for hydroxylation is 1. The van der Waals surface area contributed by atoms with E-state index in [-0.39, 0.29) is 12.5 Å². The van der Waals surface area contributed by atoms with Crippen molar-refractivity contribution in [3.05, 3.63) is 56.2 Å². The van der Waals surface area contributed by atoms with E-state index in [0.29, 0.717) is 22.4 Å². The van der Waals surface area contributed by atoms with Gasteiger partial charge in [0.2, 0.25) is 0 Å². The molecule has 6 heteroatoms. The molecule has 1 amide bonds. The number of ether oxygens (including phenoxy) is 1. The van der Waals surface area contributed by atoms with Crippen LogP contribution in [0.5, 0.6) is 0 Å². The summed E-state index contributed by atoms with van der Waals surface area (Å²) in [6.45, 7) is 2.24. The Hall–Kier alpha value is -1.85. The fourth-order valence-corrected chi connectivity index (χ4v) is 4.20. The smallest absolute Gasteiger partial charge is 0.348 e. The van der Waals surface area contributed by atoms with Crippen LogP contribution in [0, 0.1) is 5.92 Å². The molecular weight excluding hydrogens is 358 g/mol. The predicted octanol–water partition coefficient (Wildman–Crippen LogP) is 4.00. The lowest BCUT2D eigenvalue weighted by Gasteiger charge is -2.16. The number of thiophene rings is 1. The van der Waals surface area contributed by atoms with Gasteiger partial charge in [0.05, 0.1) is 0 Å². The molecule has 4 nitrogen and oxygen atoms in total. The van der Waals surface area contributed by atoms with Crippen molar-refractivity contribution in [1.29, 1.82) is 0 Å². The maximum Gasteiger partial charge on any atom is 0.348 e. The Morgan fingerprint density at radius 2 is 2.16 bits per heavy atom. The maximum atomic E-state index is 12.2. The summed E-state index contributed by atoms with van der Waals surface area (Å²) in [6, 6.07) is 9.21. The summed E-state index contributed by atoms with van der Waals surface area (Å²) in [6.07, 6.45) is 3.19. The van der Waals surface area contributed by atoms with Gasteiger partial charge >= 0.3 is 5.97 Å². The van der Waals surface area contributed by atoms with Gasteiger partial charge in [-0.15, -0.1) is 11.3 Å². The highest BCUT2D eigenvalue weighted by molar-refractivity contribution is 7.14. The second-order valence-electron chi connectivity index (χ2n) is 6.35.